The number of benzene rings is 1. The summed E-state index contributed by atoms with van der Waals surface area (Å²) in [5.74, 6) is 0.823. The lowest BCUT2D eigenvalue weighted by Crippen LogP contribution is -2.37. The van der Waals surface area contributed by atoms with Crippen LogP contribution in [0.3, 0.4) is 0 Å². The van der Waals surface area contributed by atoms with Crippen molar-refractivity contribution in [2.45, 2.75) is 20.0 Å². The largest absolute Gasteiger partial charge is 0.357 e. The average Bonchev–Trinajstić information content (AvgIpc) is 3.31. The summed E-state index contributed by atoms with van der Waals surface area (Å²) in [5.41, 5.74) is 3.55. The van der Waals surface area contributed by atoms with Crippen LogP contribution in [0.5, 0.6) is 0 Å². The van der Waals surface area contributed by atoms with Crippen LogP contribution in [0.2, 0.25) is 0 Å². The standard InChI is InChI=1S/C18H21N5S/c1-2-20-18(21-11-15-7-10-24-13-15)22-12-16-5-3-4-6-17(16)23-9-8-19-14-23/h3-10,13-14H,2,11-12H2,1H3,(H2,20,21,22). The van der Waals surface area contributed by atoms with Crippen LogP contribution in [0.1, 0.15) is 18.1 Å². The van der Waals surface area contributed by atoms with Crippen molar-refractivity contribution in [2.75, 3.05) is 6.54 Å². The summed E-state index contributed by atoms with van der Waals surface area (Å²) < 4.78 is 2.02. The van der Waals surface area contributed by atoms with E-state index in [1.165, 1.54) is 11.1 Å². The molecule has 0 aliphatic rings. The van der Waals surface area contributed by atoms with Crippen LogP contribution in [0, 0.1) is 0 Å². The van der Waals surface area contributed by atoms with Gasteiger partial charge < -0.3 is 15.2 Å². The maximum absolute atomic E-state index is 4.65. The lowest BCUT2D eigenvalue weighted by molar-refractivity contribution is 0.810. The molecule has 2 N–H and O–H groups in total. The minimum atomic E-state index is 0.683. The Hall–Kier alpha value is -2.60. The van der Waals surface area contributed by atoms with Crippen molar-refractivity contribution < 1.29 is 0 Å². The highest BCUT2D eigenvalue weighted by atomic mass is 32.1. The summed E-state index contributed by atoms with van der Waals surface area (Å²) in [5, 5.41) is 10.9. The van der Waals surface area contributed by atoms with E-state index < -0.39 is 0 Å². The van der Waals surface area contributed by atoms with Crippen molar-refractivity contribution in [3.05, 3.63) is 70.9 Å². The SMILES string of the molecule is CCNC(=NCc1ccsc1)NCc1ccccc1-n1ccnc1. The fraction of sp³-hybridized carbons (Fsp3) is 0.222. The molecule has 0 atom stereocenters. The van der Waals surface area contributed by atoms with E-state index in [2.05, 4.69) is 56.5 Å². The number of aromatic nitrogens is 2. The molecule has 0 bridgehead atoms. The van der Waals surface area contributed by atoms with Gasteiger partial charge in [0.05, 0.1) is 18.6 Å². The molecule has 2 heterocycles. The van der Waals surface area contributed by atoms with Crippen LogP contribution in [0.15, 0.2) is 64.8 Å². The van der Waals surface area contributed by atoms with Gasteiger partial charge in [-0.3, -0.25) is 0 Å². The summed E-state index contributed by atoms with van der Waals surface area (Å²) in [7, 11) is 0. The Morgan fingerprint density at radius 2 is 2.17 bits per heavy atom. The lowest BCUT2D eigenvalue weighted by Gasteiger charge is -2.14. The third-order valence-corrected chi connectivity index (χ3v) is 4.30. The molecule has 6 heteroatoms. The van der Waals surface area contributed by atoms with Gasteiger partial charge in [0, 0.05) is 25.5 Å². The Kier molecular flexibility index (Phi) is 5.63. The van der Waals surface area contributed by atoms with Crippen LogP contribution >= 0.6 is 11.3 Å². The van der Waals surface area contributed by atoms with Gasteiger partial charge >= 0.3 is 0 Å². The molecule has 1 aromatic carbocycles. The van der Waals surface area contributed by atoms with Crippen LogP contribution < -0.4 is 10.6 Å². The van der Waals surface area contributed by atoms with Crippen LogP contribution in [0.4, 0.5) is 0 Å². The predicted octanol–water partition coefficient (Wildman–Crippen LogP) is 3.19. The van der Waals surface area contributed by atoms with Crippen molar-refractivity contribution in [3.63, 3.8) is 0 Å². The number of guanidine groups is 1. The van der Waals surface area contributed by atoms with Gasteiger partial charge in [0.15, 0.2) is 5.96 Å². The summed E-state index contributed by atoms with van der Waals surface area (Å²) in [6.07, 6.45) is 5.56. The first-order valence-electron chi connectivity index (χ1n) is 7.96. The Morgan fingerprint density at radius 1 is 1.25 bits per heavy atom. The van der Waals surface area contributed by atoms with Gasteiger partial charge in [-0.25, -0.2) is 9.98 Å². The third-order valence-electron chi connectivity index (χ3n) is 3.56. The normalized spacial score (nSPS) is 11.5. The molecule has 0 unspecified atom stereocenters. The smallest absolute Gasteiger partial charge is 0.191 e. The molecule has 24 heavy (non-hydrogen) atoms. The number of nitrogens with zero attached hydrogens (tertiary/aromatic N) is 3. The Labute approximate surface area is 146 Å². The first-order chi connectivity index (χ1) is 11.9. The van der Waals surface area contributed by atoms with Gasteiger partial charge in [0.25, 0.3) is 0 Å². The fourth-order valence-corrected chi connectivity index (χ4v) is 3.05. The van der Waals surface area contributed by atoms with Gasteiger partial charge in [0.1, 0.15) is 0 Å². The highest BCUT2D eigenvalue weighted by Gasteiger charge is 2.05. The molecule has 5 nitrogen and oxygen atoms in total. The van der Waals surface area contributed by atoms with E-state index in [-0.39, 0.29) is 0 Å². The summed E-state index contributed by atoms with van der Waals surface area (Å²) in [6.45, 7) is 4.28. The monoisotopic (exact) mass is 339 g/mol. The van der Waals surface area contributed by atoms with Crippen molar-refractivity contribution in [3.8, 4) is 5.69 Å². The summed E-state index contributed by atoms with van der Waals surface area (Å²) >= 11 is 1.70. The molecule has 0 radical (unpaired) electrons. The van der Waals surface area contributed by atoms with Gasteiger partial charge in [-0.15, -0.1) is 0 Å². The first-order valence-corrected chi connectivity index (χ1v) is 8.90. The Balaban J connectivity index is 1.70. The second kappa shape index (κ2) is 8.31. The van der Waals surface area contributed by atoms with Gasteiger partial charge in [-0.05, 0) is 40.9 Å². The molecule has 0 fully saturated rings. The first kappa shape index (κ1) is 16.3. The average molecular weight is 339 g/mol. The molecule has 0 saturated carbocycles. The highest BCUT2D eigenvalue weighted by molar-refractivity contribution is 7.07. The van der Waals surface area contributed by atoms with Crippen LogP contribution in [-0.4, -0.2) is 22.1 Å². The zero-order valence-electron chi connectivity index (χ0n) is 13.6. The quantitative estimate of drug-likeness (QED) is 0.536. The number of para-hydroxylation sites is 1. The third kappa shape index (κ3) is 4.23. The zero-order valence-corrected chi connectivity index (χ0v) is 14.5. The van der Waals surface area contributed by atoms with Crippen molar-refractivity contribution in [2.24, 2.45) is 4.99 Å². The molecule has 0 aliphatic carbocycles. The van der Waals surface area contributed by atoms with E-state index in [4.69, 9.17) is 0 Å². The van der Waals surface area contributed by atoms with E-state index in [0.29, 0.717) is 13.1 Å². The number of aliphatic imine (C=N–C) groups is 1. The van der Waals surface area contributed by atoms with Gasteiger partial charge in [-0.1, -0.05) is 18.2 Å². The van der Waals surface area contributed by atoms with E-state index in [9.17, 15) is 0 Å². The zero-order chi connectivity index (χ0) is 16.6. The maximum atomic E-state index is 4.65. The lowest BCUT2D eigenvalue weighted by atomic mass is 10.1. The highest BCUT2D eigenvalue weighted by Crippen LogP contribution is 2.13. The van der Waals surface area contributed by atoms with Crippen molar-refractivity contribution in [1.82, 2.24) is 20.2 Å². The Bertz CT molecular complexity index is 763. The summed E-state index contributed by atoms with van der Waals surface area (Å²) in [4.78, 5) is 8.78. The Morgan fingerprint density at radius 3 is 2.92 bits per heavy atom. The minimum Gasteiger partial charge on any atom is -0.357 e. The second-order valence-electron chi connectivity index (χ2n) is 5.28. The number of rotatable bonds is 6. The second-order valence-corrected chi connectivity index (χ2v) is 6.06. The summed E-state index contributed by atoms with van der Waals surface area (Å²) in [6, 6.07) is 10.4. The molecule has 0 aliphatic heterocycles. The van der Waals surface area contributed by atoms with Gasteiger partial charge in [0.2, 0.25) is 0 Å². The van der Waals surface area contributed by atoms with Crippen LogP contribution in [-0.2, 0) is 13.1 Å². The predicted molar refractivity (Wildman–Crippen MR) is 99.5 cm³/mol. The van der Waals surface area contributed by atoms with Crippen LogP contribution in [0.25, 0.3) is 5.69 Å². The number of thiophene rings is 1. The van der Waals surface area contributed by atoms with Gasteiger partial charge in [-0.2, -0.15) is 11.3 Å². The molecule has 0 saturated heterocycles. The molecule has 0 amide bonds. The molecule has 3 aromatic rings. The van der Waals surface area contributed by atoms with Crippen molar-refractivity contribution >= 4 is 17.3 Å². The molecule has 2 aromatic heterocycles. The molecular weight excluding hydrogens is 318 g/mol. The van der Waals surface area contributed by atoms with E-state index >= 15 is 0 Å². The fourth-order valence-electron chi connectivity index (χ4n) is 2.39. The molecular formula is C18H21N5S. The topological polar surface area (TPSA) is 54.2 Å². The minimum absolute atomic E-state index is 0.683. The van der Waals surface area contributed by atoms with E-state index in [0.717, 1.165) is 18.2 Å². The molecule has 124 valence electrons. The molecule has 3 rings (SSSR count). The van der Waals surface area contributed by atoms with E-state index in [1.54, 1.807) is 17.5 Å². The number of nitrogens with one attached hydrogen (secondary N) is 2. The number of imidazole rings is 1. The number of hydrogen-bond donors (Lipinski definition) is 2. The van der Waals surface area contributed by atoms with Crippen molar-refractivity contribution in [1.29, 1.82) is 0 Å². The molecule has 0 spiro atoms. The maximum Gasteiger partial charge on any atom is 0.191 e. The van der Waals surface area contributed by atoms with E-state index in [1.807, 2.05) is 29.2 Å². The number of hydrogen-bond acceptors (Lipinski definition) is 3.